The van der Waals surface area contributed by atoms with Gasteiger partial charge in [0.2, 0.25) is 0 Å². The third-order valence-corrected chi connectivity index (χ3v) is 7.95. The summed E-state index contributed by atoms with van der Waals surface area (Å²) in [5.41, 5.74) is 8.04. The van der Waals surface area contributed by atoms with Crippen molar-refractivity contribution in [3.8, 4) is 11.1 Å². The summed E-state index contributed by atoms with van der Waals surface area (Å²) >= 11 is 0. The van der Waals surface area contributed by atoms with Gasteiger partial charge in [0.1, 0.15) is 6.61 Å². The highest BCUT2D eigenvalue weighted by atomic mass is 35.5. The molecule has 1 aromatic heterocycles. The zero-order valence-electron chi connectivity index (χ0n) is 25.4. The second-order valence-corrected chi connectivity index (χ2v) is 10.2. The summed E-state index contributed by atoms with van der Waals surface area (Å²) in [6.07, 6.45) is 1.79. The molecular formula is C37H39ClN2O3. The fourth-order valence-corrected chi connectivity index (χ4v) is 5.58. The highest BCUT2D eigenvalue weighted by Gasteiger charge is 2.25. The van der Waals surface area contributed by atoms with E-state index in [1.165, 1.54) is 0 Å². The molecule has 0 fully saturated rings. The van der Waals surface area contributed by atoms with Crippen molar-refractivity contribution < 1.29 is 26.4 Å². The molecule has 0 saturated heterocycles. The first-order valence-electron chi connectivity index (χ1n) is 14.8. The molecule has 6 heteroatoms. The predicted octanol–water partition coefficient (Wildman–Crippen LogP) is 6.23. The van der Waals surface area contributed by atoms with Crippen LogP contribution in [0.3, 0.4) is 0 Å². The van der Waals surface area contributed by atoms with E-state index in [1.54, 1.807) is 6.08 Å². The fraction of sp³-hybridized carbons (Fsp3) is 0.243. The Labute approximate surface area is 260 Å². The Morgan fingerprint density at radius 1 is 0.767 bits per heavy atom. The lowest BCUT2D eigenvalue weighted by Crippen LogP contribution is -3.00. The van der Waals surface area contributed by atoms with Crippen LogP contribution in [0.4, 0.5) is 11.4 Å². The number of benzene rings is 4. The number of hydrogen-bond acceptors (Lipinski definition) is 4. The predicted molar refractivity (Wildman–Crippen MR) is 176 cm³/mol. The van der Waals surface area contributed by atoms with Crippen LogP contribution in [0.2, 0.25) is 0 Å². The quantitative estimate of drug-likeness (QED) is 0.103. The van der Waals surface area contributed by atoms with Crippen molar-refractivity contribution in [2.45, 2.75) is 34.3 Å². The minimum absolute atomic E-state index is 0. The molecule has 0 aliphatic rings. The Morgan fingerprint density at radius 2 is 1.30 bits per heavy atom. The van der Waals surface area contributed by atoms with Gasteiger partial charge < -0.3 is 26.9 Å². The normalized spacial score (nSPS) is 10.8. The molecule has 0 aliphatic heterocycles. The molecule has 0 radical (unpaired) electrons. The van der Waals surface area contributed by atoms with Gasteiger partial charge in [-0.2, -0.15) is 0 Å². The first kappa shape index (κ1) is 31.6. The zero-order valence-corrected chi connectivity index (χ0v) is 26.2. The van der Waals surface area contributed by atoms with Crippen LogP contribution in [0, 0.1) is 0 Å². The van der Waals surface area contributed by atoms with Crippen molar-refractivity contribution in [2.24, 2.45) is 0 Å². The van der Waals surface area contributed by atoms with Crippen LogP contribution in [0.15, 0.2) is 95.9 Å². The lowest BCUT2D eigenvalue weighted by molar-refractivity contribution is -0.0000271. The number of carbonyl (C=O) groups is 1. The van der Waals surface area contributed by atoms with Crippen LogP contribution >= 0.6 is 0 Å². The molecule has 0 aliphatic carbocycles. The average Bonchev–Trinajstić information content (AvgIpc) is 3.03. The number of rotatable bonds is 11. The molecule has 43 heavy (non-hydrogen) atoms. The number of fused-ring (bicyclic) bond motifs is 2. The fourth-order valence-electron chi connectivity index (χ4n) is 5.58. The first-order valence-corrected chi connectivity index (χ1v) is 14.8. The molecule has 0 unspecified atom stereocenters. The van der Waals surface area contributed by atoms with Crippen molar-refractivity contribution in [1.82, 2.24) is 0 Å². The van der Waals surface area contributed by atoms with Gasteiger partial charge in [-0.25, -0.2) is 9.21 Å². The third-order valence-electron chi connectivity index (χ3n) is 7.95. The molecule has 222 valence electrons. The molecule has 0 bridgehead atoms. The summed E-state index contributed by atoms with van der Waals surface area (Å²) in [6.45, 7) is 16.2. The summed E-state index contributed by atoms with van der Waals surface area (Å²) in [7, 11) is 0. The van der Waals surface area contributed by atoms with Crippen LogP contribution in [-0.4, -0.2) is 32.1 Å². The number of ether oxygens (including phenoxy) is 1. The second-order valence-electron chi connectivity index (χ2n) is 10.2. The van der Waals surface area contributed by atoms with Crippen molar-refractivity contribution in [2.75, 3.05) is 36.0 Å². The van der Waals surface area contributed by atoms with Gasteiger partial charge in [0.15, 0.2) is 0 Å². The number of hydrogen-bond donors (Lipinski definition) is 0. The van der Waals surface area contributed by atoms with Crippen molar-refractivity contribution in [3.63, 3.8) is 0 Å². The molecule has 5 rings (SSSR count). The monoisotopic (exact) mass is 594 g/mol. The highest BCUT2D eigenvalue weighted by Crippen LogP contribution is 2.40. The van der Waals surface area contributed by atoms with E-state index >= 15 is 0 Å². The van der Waals surface area contributed by atoms with Crippen LogP contribution in [0.1, 0.15) is 49.2 Å². The standard InChI is InChI=1S/C37H39N2O3.ClH/c1-6-26-15-17-27(18-16-26)25-41-37(40)31-14-12-11-13-30(31)36-32-21-19-28(38(7-2)8-3)23-34(32)42-35-24-29(20-22-33(35)36)39(9-4)10-5;/h6,11-24H,1,7-10,25H2,2-5H3;1H/q+1;/p-1. The van der Waals surface area contributed by atoms with Crippen LogP contribution < -0.4 is 22.2 Å². The zero-order chi connectivity index (χ0) is 29.6. The van der Waals surface area contributed by atoms with Gasteiger partial charge in [0, 0.05) is 43.1 Å². The van der Waals surface area contributed by atoms with Crippen LogP contribution in [0.5, 0.6) is 0 Å². The Hall–Kier alpha value is -4.35. The smallest absolute Gasteiger partial charge is 0.363 e. The summed E-state index contributed by atoms with van der Waals surface area (Å²) in [5, 5.41) is 1.91. The molecule has 5 nitrogen and oxygen atoms in total. The van der Waals surface area contributed by atoms with Crippen molar-refractivity contribution in [3.05, 3.63) is 108 Å². The van der Waals surface area contributed by atoms with Gasteiger partial charge in [-0.05, 0) is 74.7 Å². The van der Waals surface area contributed by atoms with E-state index in [2.05, 4.69) is 80.5 Å². The van der Waals surface area contributed by atoms with E-state index in [0.29, 0.717) is 5.56 Å². The molecule has 0 saturated carbocycles. The Kier molecular flexibility index (Phi) is 10.4. The van der Waals surface area contributed by atoms with Crippen molar-refractivity contribution in [1.29, 1.82) is 0 Å². The molecule has 0 spiro atoms. The second kappa shape index (κ2) is 14.2. The minimum atomic E-state index is -0.361. The van der Waals surface area contributed by atoms with Crippen LogP contribution in [0.25, 0.3) is 39.1 Å². The molecule has 0 N–H and O–H groups in total. The van der Waals surface area contributed by atoms with Gasteiger partial charge in [0.25, 0.3) is 0 Å². The average molecular weight is 595 g/mol. The van der Waals surface area contributed by atoms with Gasteiger partial charge in [-0.1, -0.05) is 55.1 Å². The maximum Gasteiger partial charge on any atom is 0.363 e. The SMILES string of the molecule is C=Cc1ccc(COC(=O)c2ccccc2-c2c3ccc(N(CC)CC)cc3[o+]c3cc(N(CC)CC)ccc23)cc1.[Cl-]. The van der Waals surface area contributed by atoms with E-state index < -0.39 is 0 Å². The molecular weight excluding hydrogens is 556 g/mol. The van der Waals surface area contributed by atoms with Crippen molar-refractivity contribution >= 4 is 45.4 Å². The Morgan fingerprint density at radius 3 is 1.81 bits per heavy atom. The Balaban J connectivity index is 0.00000423. The first-order chi connectivity index (χ1) is 20.5. The Bertz CT molecular complexity index is 1650. The summed E-state index contributed by atoms with van der Waals surface area (Å²) < 4.78 is 12.4. The molecule has 4 aromatic carbocycles. The summed E-state index contributed by atoms with van der Waals surface area (Å²) in [5.74, 6) is -0.361. The van der Waals surface area contributed by atoms with E-state index in [9.17, 15) is 4.79 Å². The molecule has 5 aromatic rings. The molecule has 0 amide bonds. The van der Waals surface area contributed by atoms with Gasteiger partial charge in [0.05, 0.1) is 28.5 Å². The van der Waals surface area contributed by atoms with E-state index in [1.807, 2.05) is 48.5 Å². The van der Waals surface area contributed by atoms with E-state index in [-0.39, 0.29) is 25.0 Å². The molecule has 0 atom stereocenters. The third kappa shape index (κ3) is 6.52. The summed E-state index contributed by atoms with van der Waals surface area (Å²) in [4.78, 5) is 18.2. The maximum atomic E-state index is 13.6. The van der Waals surface area contributed by atoms with E-state index in [0.717, 1.165) is 81.7 Å². The number of esters is 1. The number of anilines is 2. The van der Waals surface area contributed by atoms with Gasteiger partial charge in [-0.3, -0.25) is 0 Å². The minimum Gasteiger partial charge on any atom is -1.00 e. The highest BCUT2D eigenvalue weighted by molar-refractivity contribution is 6.12. The topological polar surface area (TPSA) is 44.1 Å². The van der Waals surface area contributed by atoms with Gasteiger partial charge in [-0.15, -0.1) is 0 Å². The summed E-state index contributed by atoms with van der Waals surface area (Å²) in [6, 6.07) is 28.3. The van der Waals surface area contributed by atoms with Gasteiger partial charge >= 0.3 is 17.1 Å². The lowest BCUT2D eigenvalue weighted by Gasteiger charge is -2.21. The largest absolute Gasteiger partial charge is 1.00 e. The number of nitrogens with zero attached hydrogens (tertiary/aromatic N) is 2. The molecule has 1 heterocycles. The lowest BCUT2D eigenvalue weighted by atomic mass is 9.93. The van der Waals surface area contributed by atoms with Crippen LogP contribution in [-0.2, 0) is 11.3 Å². The maximum absolute atomic E-state index is 13.6. The number of carbonyl (C=O) groups excluding carboxylic acids is 1. The van der Waals surface area contributed by atoms with E-state index in [4.69, 9.17) is 9.15 Å². The number of halogens is 1.